The van der Waals surface area contributed by atoms with Gasteiger partial charge in [-0.15, -0.1) is 0 Å². The molecule has 34 heavy (non-hydrogen) atoms. The molecule has 4 amide bonds. The van der Waals surface area contributed by atoms with Gasteiger partial charge < -0.3 is 38.3 Å². The van der Waals surface area contributed by atoms with Crippen LogP contribution in [-0.4, -0.2) is 65.4 Å². The van der Waals surface area contributed by atoms with E-state index in [9.17, 15) is 29.1 Å². The summed E-state index contributed by atoms with van der Waals surface area (Å²) in [5, 5.41) is 17.2. The number of carboxylic acid groups (broad SMARTS) is 1. The van der Waals surface area contributed by atoms with Gasteiger partial charge in [0.1, 0.15) is 18.1 Å². The Morgan fingerprint density at radius 3 is 1.91 bits per heavy atom. The maximum atomic E-state index is 13.0. The molecule has 0 aromatic heterocycles. The topological polar surface area (TPSA) is 220 Å². The Kier molecular flexibility index (Phi) is 14.7. The number of primary amides is 1. The third-order valence-corrected chi connectivity index (χ3v) is 5.64. The highest BCUT2D eigenvalue weighted by molar-refractivity contribution is 5.94. The molecular formula is C22H42N6O6. The van der Waals surface area contributed by atoms with Crippen molar-refractivity contribution in [2.75, 3.05) is 6.54 Å². The summed E-state index contributed by atoms with van der Waals surface area (Å²) in [6.07, 6.45) is 1.92. The van der Waals surface area contributed by atoms with Crippen LogP contribution in [0.5, 0.6) is 0 Å². The van der Waals surface area contributed by atoms with E-state index in [2.05, 4.69) is 16.0 Å². The highest BCUT2D eigenvalue weighted by atomic mass is 16.4. The fourth-order valence-corrected chi connectivity index (χ4v) is 3.18. The van der Waals surface area contributed by atoms with Crippen molar-refractivity contribution in [3.8, 4) is 0 Å². The van der Waals surface area contributed by atoms with Gasteiger partial charge in [0, 0.05) is 6.42 Å². The Balaban J connectivity index is 5.45. The van der Waals surface area contributed by atoms with E-state index in [1.807, 2.05) is 6.92 Å². The number of carboxylic acids is 1. The first-order valence-electron chi connectivity index (χ1n) is 11.7. The number of carbonyl (C=O) groups excluding carboxylic acids is 4. The highest BCUT2D eigenvalue weighted by Gasteiger charge is 2.33. The molecule has 0 fully saturated rings. The normalized spacial score (nSPS) is 15.5. The minimum Gasteiger partial charge on any atom is -0.480 e. The molecule has 0 heterocycles. The number of carbonyl (C=O) groups is 5. The van der Waals surface area contributed by atoms with Crippen LogP contribution in [0, 0.1) is 11.8 Å². The van der Waals surface area contributed by atoms with Crippen LogP contribution < -0.4 is 33.2 Å². The molecule has 0 bridgehead atoms. The number of hydrogen-bond donors (Lipinski definition) is 7. The molecule has 5 atom stereocenters. The van der Waals surface area contributed by atoms with Crippen molar-refractivity contribution in [1.29, 1.82) is 0 Å². The van der Waals surface area contributed by atoms with Crippen molar-refractivity contribution < 1.29 is 29.1 Å². The Labute approximate surface area is 201 Å². The van der Waals surface area contributed by atoms with Crippen LogP contribution >= 0.6 is 0 Å². The van der Waals surface area contributed by atoms with E-state index < -0.39 is 53.8 Å². The first-order valence-corrected chi connectivity index (χ1v) is 11.7. The first-order chi connectivity index (χ1) is 15.8. The minimum atomic E-state index is -1.16. The van der Waals surface area contributed by atoms with Crippen molar-refractivity contribution in [3.63, 3.8) is 0 Å². The summed E-state index contributed by atoms with van der Waals surface area (Å²) in [4.78, 5) is 60.9. The monoisotopic (exact) mass is 486 g/mol. The van der Waals surface area contributed by atoms with Crippen molar-refractivity contribution in [3.05, 3.63) is 0 Å². The molecule has 5 unspecified atom stereocenters. The molecule has 0 spiro atoms. The van der Waals surface area contributed by atoms with Crippen molar-refractivity contribution in [1.82, 2.24) is 16.0 Å². The van der Waals surface area contributed by atoms with Gasteiger partial charge in [-0.2, -0.15) is 0 Å². The summed E-state index contributed by atoms with van der Waals surface area (Å²) in [5.41, 5.74) is 16.4. The quantitative estimate of drug-likeness (QED) is 0.125. The second kappa shape index (κ2) is 16.0. The van der Waals surface area contributed by atoms with Gasteiger partial charge in [-0.05, 0) is 44.1 Å². The largest absolute Gasteiger partial charge is 0.480 e. The summed E-state index contributed by atoms with van der Waals surface area (Å²) < 4.78 is 0. The smallest absolute Gasteiger partial charge is 0.326 e. The van der Waals surface area contributed by atoms with E-state index in [-0.39, 0.29) is 31.1 Å². The molecule has 10 N–H and O–H groups in total. The van der Waals surface area contributed by atoms with E-state index in [1.54, 1.807) is 20.8 Å². The predicted molar refractivity (Wildman–Crippen MR) is 127 cm³/mol. The van der Waals surface area contributed by atoms with Gasteiger partial charge in [0.15, 0.2) is 0 Å². The van der Waals surface area contributed by atoms with E-state index in [4.69, 9.17) is 17.2 Å². The summed E-state index contributed by atoms with van der Waals surface area (Å²) >= 11 is 0. The summed E-state index contributed by atoms with van der Waals surface area (Å²) in [6, 6.07) is -4.14. The van der Waals surface area contributed by atoms with Gasteiger partial charge in [0.25, 0.3) is 0 Å². The van der Waals surface area contributed by atoms with Crippen molar-refractivity contribution in [2.45, 2.75) is 90.4 Å². The van der Waals surface area contributed by atoms with Gasteiger partial charge in [-0.25, -0.2) is 4.79 Å². The van der Waals surface area contributed by atoms with Crippen LogP contribution in [0.2, 0.25) is 0 Å². The lowest BCUT2D eigenvalue weighted by Gasteiger charge is -2.28. The number of aliphatic carboxylic acids is 1. The van der Waals surface area contributed by atoms with Crippen LogP contribution in [0.4, 0.5) is 0 Å². The number of nitrogens with one attached hydrogen (secondary N) is 3. The Morgan fingerprint density at radius 1 is 0.853 bits per heavy atom. The summed E-state index contributed by atoms with van der Waals surface area (Å²) in [6.45, 7) is 7.37. The third-order valence-electron chi connectivity index (χ3n) is 5.64. The van der Waals surface area contributed by atoms with Crippen LogP contribution in [0.3, 0.4) is 0 Å². The van der Waals surface area contributed by atoms with Crippen molar-refractivity contribution in [2.24, 2.45) is 29.0 Å². The fraction of sp³-hybridized carbons (Fsp3) is 0.773. The number of rotatable bonds is 17. The minimum absolute atomic E-state index is 0.0293. The molecule has 12 heteroatoms. The SMILES string of the molecule is CCC(C)C(NC(=O)C(NC(=O)C(CCCCN)NC(=O)C(N)CCC(N)=O)C(C)C)C(=O)O. The lowest BCUT2D eigenvalue weighted by atomic mass is 9.97. The van der Waals surface area contributed by atoms with Crippen molar-refractivity contribution >= 4 is 29.6 Å². The lowest BCUT2D eigenvalue weighted by Crippen LogP contribution is -2.59. The Hall–Kier alpha value is -2.73. The Bertz CT molecular complexity index is 701. The molecule has 0 radical (unpaired) electrons. The second-order valence-electron chi connectivity index (χ2n) is 8.90. The summed E-state index contributed by atoms with van der Waals surface area (Å²) in [5.74, 6) is -4.26. The number of nitrogens with two attached hydrogens (primary N) is 3. The zero-order valence-corrected chi connectivity index (χ0v) is 20.6. The number of amides is 4. The van der Waals surface area contributed by atoms with E-state index in [0.29, 0.717) is 25.8 Å². The van der Waals surface area contributed by atoms with Crippen LogP contribution in [-0.2, 0) is 24.0 Å². The van der Waals surface area contributed by atoms with Gasteiger partial charge in [-0.3, -0.25) is 19.2 Å². The number of hydrogen-bond acceptors (Lipinski definition) is 7. The number of unbranched alkanes of at least 4 members (excludes halogenated alkanes) is 1. The maximum Gasteiger partial charge on any atom is 0.326 e. The second-order valence-corrected chi connectivity index (χ2v) is 8.90. The van der Waals surface area contributed by atoms with Gasteiger partial charge in [0.2, 0.25) is 23.6 Å². The molecule has 0 aromatic carbocycles. The molecule has 0 saturated heterocycles. The molecular weight excluding hydrogens is 444 g/mol. The third kappa shape index (κ3) is 11.4. The van der Waals surface area contributed by atoms with E-state index >= 15 is 0 Å². The molecule has 12 nitrogen and oxygen atoms in total. The molecule has 196 valence electrons. The molecule has 0 aliphatic carbocycles. The zero-order valence-electron chi connectivity index (χ0n) is 20.6. The maximum absolute atomic E-state index is 13.0. The van der Waals surface area contributed by atoms with Crippen LogP contribution in [0.1, 0.15) is 66.2 Å². The molecule has 0 rings (SSSR count). The lowest BCUT2D eigenvalue weighted by molar-refractivity contribution is -0.144. The standard InChI is InChI=1S/C22H42N6O6/c1-5-13(4)18(22(33)34)28-21(32)17(12(2)3)27-20(31)15(8-6-7-11-23)26-19(30)14(24)9-10-16(25)29/h12-15,17-18H,5-11,23-24H2,1-4H3,(H2,25,29)(H,26,30)(H,27,31)(H,28,32)(H,33,34). The van der Waals surface area contributed by atoms with Gasteiger partial charge >= 0.3 is 5.97 Å². The van der Waals surface area contributed by atoms with Gasteiger partial charge in [-0.1, -0.05) is 34.1 Å². The zero-order chi connectivity index (χ0) is 26.4. The molecule has 0 aliphatic rings. The average molecular weight is 487 g/mol. The van der Waals surface area contributed by atoms with E-state index in [0.717, 1.165) is 0 Å². The average Bonchev–Trinajstić information content (AvgIpc) is 2.77. The van der Waals surface area contributed by atoms with E-state index in [1.165, 1.54) is 0 Å². The van der Waals surface area contributed by atoms with Crippen LogP contribution in [0.25, 0.3) is 0 Å². The molecule has 0 aliphatic heterocycles. The first kappa shape index (κ1) is 31.3. The predicted octanol–water partition coefficient (Wildman–Crippen LogP) is -1.05. The fourth-order valence-electron chi connectivity index (χ4n) is 3.18. The molecule has 0 saturated carbocycles. The Morgan fingerprint density at radius 2 is 1.44 bits per heavy atom. The van der Waals surface area contributed by atoms with Crippen LogP contribution in [0.15, 0.2) is 0 Å². The van der Waals surface area contributed by atoms with Gasteiger partial charge in [0.05, 0.1) is 6.04 Å². The summed E-state index contributed by atoms with van der Waals surface area (Å²) in [7, 11) is 0. The molecule has 0 aromatic rings. The highest BCUT2D eigenvalue weighted by Crippen LogP contribution is 2.11.